The topological polar surface area (TPSA) is 247 Å². The number of rotatable bonds is 13. The van der Waals surface area contributed by atoms with E-state index in [1.54, 1.807) is 27.7 Å². The van der Waals surface area contributed by atoms with Crippen molar-refractivity contribution >= 4 is 0 Å². The maximum absolute atomic E-state index is 12.0. The van der Waals surface area contributed by atoms with E-state index in [2.05, 4.69) is 0 Å². The quantitative estimate of drug-likeness (QED) is 0.0947. The highest BCUT2D eigenvalue weighted by Crippen LogP contribution is 2.43. The van der Waals surface area contributed by atoms with E-state index in [0.29, 0.717) is 6.42 Å². The lowest BCUT2D eigenvalue weighted by Gasteiger charge is -2.55. The molecule has 0 bridgehead atoms. The Morgan fingerprint density at radius 1 is 0.682 bits per heavy atom. The Morgan fingerprint density at radius 2 is 1.20 bits per heavy atom. The Hall–Kier alpha value is -0.640. The SMILES string of the molecule is CCC(C)C1(O)[C@H](O[C@@H]2C(CO)O[C@@H](O[C@@H]3C(CO)O[C@@H](OC)C(O)[C@H]3O)C(O)(CC(C)C)[C@H]2O)OC(CO)[C@@H](OC)[C@@H]1O. The molecule has 0 aliphatic carbocycles. The minimum absolute atomic E-state index is 0.164. The molecule has 0 aromatic heterocycles. The molecule has 3 fully saturated rings. The lowest BCUT2D eigenvalue weighted by atomic mass is 9.76. The van der Waals surface area contributed by atoms with Crippen LogP contribution in [0.5, 0.6) is 0 Å². The lowest BCUT2D eigenvalue weighted by molar-refractivity contribution is -0.413. The standard InChI is InChI=1S/C28H52O16/c1-7-13(4)28(37)23(35)20(38-5)15(10-30)42-26(28)44-21-16(11-31)41-25(27(36,22(21)34)8-12(2)3)43-19-14(9-29)40-24(39-6)18(33)17(19)32/h12-26,29-37H,7-11H2,1-6H3/t13?,14?,15?,16?,17-,18?,19-,20-,21-,22+,23+,24-,25+,26+,27?,28?/m1/s1. The Kier molecular flexibility index (Phi) is 13.3. The average molecular weight is 645 g/mol. The van der Waals surface area contributed by atoms with E-state index in [1.807, 2.05) is 0 Å². The van der Waals surface area contributed by atoms with Crippen LogP contribution in [0.3, 0.4) is 0 Å². The number of hydrogen-bond donors (Lipinski definition) is 9. The van der Waals surface area contributed by atoms with E-state index >= 15 is 0 Å². The fourth-order valence-corrected chi connectivity index (χ4v) is 6.38. The molecule has 3 heterocycles. The molecule has 0 radical (unpaired) electrons. The van der Waals surface area contributed by atoms with Crippen molar-refractivity contribution in [2.75, 3.05) is 34.0 Å². The monoisotopic (exact) mass is 644 g/mol. The molecule has 0 spiro atoms. The maximum Gasteiger partial charge on any atom is 0.190 e. The molecule has 3 aliphatic rings. The van der Waals surface area contributed by atoms with Gasteiger partial charge in [-0.1, -0.05) is 34.1 Å². The minimum Gasteiger partial charge on any atom is -0.394 e. The molecule has 9 N–H and O–H groups in total. The molecule has 3 aliphatic heterocycles. The van der Waals surface area contributed by atoms with Crippen LogP contribution in [0.4, 0.5) is 0 Å². The van der Waals surface area contributed by atoms with Crippen molar-refractivity contribution in [1.82, 2.24) is 0 Å². The summed E-state index contributed by atoms with van der Waals surface area (Å²) >= 11 is 0. The van der Waals surface area contributed by atoms with Crippen molar-refractivity contribution in [3.8, 4) is 0 Å². The van der Waals surface area contributed by atoms with E-state index in [4.69, 9.17) is 33.2 Å². The van der Waals surface area contributed by atoms with Gasteiger partial charge in [-0.15, -0.1) is 0 Å². The largest absolute Gasteiger partial charge is 0.394 e. The second kappa shape index (κ2) is 15.5. The summed E-state index contributed by atoms with van der Waals surface area (Å²) in [6.07, 6.45) is -19.3. The second-order valence-electron chi connectivity index (χ2n) is 12.4. The molecule has 3 saturated heterocycles. The van der Waals surface area contributed by atoms with Crippen LogP contribution in [0.15, 0.2) is 0 Å². The normalized spacial score (nSPS) is 47.6. The van der Waals surface area contributed by atoms with Gasteiger partial charge in [-0.05, 0) is 18.3 Å². The molecule has 44 heavy (non-hydrogen) atoms. The smallest absolute Gasteiger partial charge is 0.190 e. The third-order valence-electron chi connectivity index (χ3n) is 9.11. The zero-order chi connectivity index (χ0) is 33.1. The summed E-state index contributed by atoms with van der Waals surface area (Å²) in [7, 11) is 2.52. The van der Waals surface area contributed by atoms with Gasteiger partial charge in [0, 0.05) is 14.2 Å². The van der Waals surface area contributed by atoms with Gasteiger partial charge in [0.2, 0.25) is 0 Å². The third kappa shape index (κ3) is 6.96. The van der Waals surface area contributed by atoms with Crippen LogP contribution in [0.1, 0.15) is 40.5 Å². The van der Waals surface area contributed by atoms with Crippen molar-refractivity contribution in [2.45, 2.75) is 132 Å². The third-order valence-corrected chi connectivity index (χ3v) is 9.11. The van der Waals surface area contributed by atoms with Crippen LogP contribution in [0.25, 0.3) is 0 Å². The van der Waals surface area contributed by atoms with Crippen molar-refractivity contribution in [3.63, 3.8) is 0 Å². The number of aliphatic hydroxyl groups excluding tert-OH is 7. The van der Waals surface area contributed by atoms with Crippen LogP contribution < -0.4 is 0 Å². The van der Waals surface area contributed by atoms with Gasteiger partial charge < -0.3 is 79.1 Å². The molecule has 3 rings (SSSR count). The van der Waals surface area contributed by atoms with Crippen molar-refractivity contribution in [2.24, 2.45) is 11.8 Å². The summed E-state index contributed by atoms with van der Waals surface area (Å²) in [5, 5.41) is 98.2. The molecular weight excluding hydrogens is 592 g/mol. The van der Waals surface area contributed by atoms with Gasteiger partial charge in [0.25, 0.3) is 0 Å². The highest BCUT2D eigenvalue weighted by atomic mass is 16.8. The Bertz CT molecular complexity index is 879. The highest BCUT2D eigenvalue weighted by Gasteiger charge is 2.63. The summed E-state index contributed by atoms with van der Waals surface area (Å²) in [4.78, 5) is 0. The minimum atomic E-state index is -2.29. The zero-order valence-corrected chi connectivity index (χ0v) is 26.1. The lowest BCUT2D eigenvalue weighted by Crippen LogP contribution is -2.74. The Labute approximate surface area is 257 Å². The van der Waals surface area contributed by atoms with Crippen LogP contribution in [-0.2, 0) is 33.2 Å². The summed E-state index contributed by atoms with van der Waals surface area (Å²) in [5.41, 5.74) is -4.42. The number of ether oxygens (including phenoxy) is 7. The van der Waals surface area contributed by atoms with E-state index < -0.39 is 117 Å². The van der Waals surface area contributed by atoms with Gasteiger partial charge in [-0.3, -0.25) is 0 Å². The van der Waals surface area contributed by atoms with Gasteiger partial charge in [0.1, 0.15) is 72.2 Å². The van der Waals surface area contributed by atoms with E-state index in [1.165, 1.54) is 14.2 Å². The molecule has 7 unspecified atom stereocenters. The Morgan fingerprint density at radius 3 is 1.70 bits per heavy atom. The number of methoxy groups -OCH3 is 2. The first kappa shape index (κ1) is 37.8. The predicted molar refractivity (Wildman–Crippen MR) is 148 cm³/mol. The molecule has 0 saturated carbocycles. The molecule has 16 nitrogen and oxygen atoms in total. The molecule has 0 aromatic rings. The molecule has 16 heteroatoms. The van der Waals surface area contributed by atoms with Gasteiger partial charge in [-0.25, -0.2) is 0 Å². The second-order valence-corrected chi connectivity index (χ2v) is 12.4. The van der Waals surface area contributed by atoms with Gasteiger partial charge in [0.05, 0.1) is 19.8 Å². The highest BCUT2D eigenvalue weighted by molar-refractivity contribution is 5.07. The molecule has 0 amide bonds. The first-order valence-electron chi connectivity index (χ1n) is 15.0. The first-order valence-corrected chi connectivity index (χ1v) is 15.0. The zero-order valence-electron chi connectivity index (χ0n) is 26.1. The molecular formula is C28H52O16. The maximum atomic E-state index is 12.0. The fourth-order valence-electron chi connectivity index (χ4n) is 6.38. The van der Waals surface area contributed by atoms with Crippen LogP contribution in [0.2, 0.25) is 0 Å². The van der Waals surface area contributed by atoms with Crippen molar-refractivity contribution in [1.29, 1.82) is 0 Å². The summed E-state index contributed by atoms with van der Waals surface area (Å²) in [6, 6.07) is 0. The van der Waals surface area contributed by atoms with Crippen LogP contribution in [-0.4, -0.2) is 171 Å². The summed E-state index contributed by atoms with van der Waals surface area (Å²) in [6.45, 7) is 4.82. The van der Waals surface area contributed by atoms with Gasteiger partial charge in [0.15, 0.2) is 18.9 Å². The molecule has 0 aromatic carbocycles. The average Bonchev–Trinajstić information content (AvgIpc) is 3.00. The summed E-state index contributed by atoms with van der Waals surface area (Å²) in [5.74, 6) is -0.948. The van der Waals surface area contributed by atoms with E-state index in [-0.39, 0.29) is 12.3 Å². The van der Waals surface area contributed by atoms with Crippen molar-refractivity contribution < 1.29 is 79.1 Å². The summed E-state index contributed by atoms with van der Waals surface area (Å²) < 4.78 is 39.7. The van der Waals surface area contributed by atoms with E-state index in [0.717, 1.165) is 0 Å². The van der Waals surface area contributed by atoms with Crippen LogP contribution >= 0.6 is 0 Å². The van der Waals surface area contributed by atoms with E-state index in [9.17, 15) is 46.0 Å². The number of aliphatic hydroxyl groups is 9. The molecule has 260 valence electrons. The van der Waals surface area contributed by atoms with Gasteiger partial charge >= 0.3 is 0 Å². The van der Waals surface area contributed by atoms with Crippen molar-refractivity contribution in [3.05, 3.63) is 0 Å². The van der Waals surface area contributed by atoms with Crippen LogP contribution in [0, 0.1) is 11.8 Å². The first-order chi connectivity index (χ1) is 20.7. The number of hydrogen-bond acceptors (Lipinski definition) is 16. The predicted octanol–water partition coefficient (Wildman–Crippen LogP) is -3.43. The Balaban J connectivity index is 1.98. The molecule has 16 atom stereocenters. The fraction of sp³-hybridized carbons (Fsp3) is 1.00. The van der Waals surface area contributed by atoms with Gasteiger partial charge in [-0.2, -0.15) is 0 Å².